The quantitative estimate of drug-likeness (QED) is 0.425. The van der Waals surface area contributed by atoms with Gasteiger partial charge in [-0.3, -0.25) is 14.4 Å². The van der Waals surface area contributed by atoms with Gasteiger partial charge in [0.1, 0.15) is 5.82 Å². The second kappa shape index (κ2) is 10.2. The molecule has 2 aliphatic rings. The topological polar surface area (TPSA) is 85.5 Å². The monoisotopic (exact) mass is 490 g/mol. The fourth-order valence-corrected chi connectivity index (χ4v) is 5.33. The summed E-state index contributed by atoms with van der Waals surface area (Å²) >= 11 is 0. The van der Waals surface area contributed by atoms with Crippen molar-refractivity contribution >= 4 is 28.5 Å². The van der Waals surface area contributed by atoms with E-state index in [0.29, 0.717) is 61.7 Å². The Labute approximate surface area is 209 Å². The SMILES string of the molecule is Cc1[nH]c2ccc(C(=O)C(=O)N3CCNCC3)cc2c1C(=O)N1CCC(Cc2ccc(F)cc2)CC1. The highest BCUT2D eigenvalue weighted by molar-refractivity contribution is 6.43. The molecule has 2 fully saturated rings. The van der Waals surface area contributed by atoms with Gasteiger partial charge >= 0.3 is 0 Å². The van der Waals surface area contributed by atoms with E-state index in [-0.39, 0.29) is 11.7 Å². The van der Waals surface area contributed by atoms with Crippen molar-refractivity contribution in [3.8, 4) is 0 Å². The summed E-state index contributed by atoms with van der Waals surface area (Å²) in [5.74, 6) is -0.885. The molecule has 0 atom stereocenters. The fraction of sp³-hybridized carbons (Fsp3) is 0.393. The standard InChI is InChI=1S/C28H31FN4O3/c1-18-25(27(35)32-12-8-20(9-13-32)16-19-2-5-22(29)6-3-19)23-17-21(4-7-24(23)31-18)26(34)28(36)33-14-10-30-11-15-33/h2-7,17,20,30-31H,8-16H2,1H3. The molecule has 0 aliphatic carbocycles. The molecule has 0 unspecified atom stereocenters. The van der Waals surface area contributed by atoms with Gasteiger partial charge in [0.25, 0.3) is 11.8 Å². The summed E-state index contributed by atoms with van der Waals surface area (Å²) in [7, 11) is 0. The van der Waals surface area contributed by atoms with Crippen molar-refractivity contribution in [3.05, 3.63) is 70.7 Å². The third kappa shape index (κ3) is 4.91. The normalized spacial score (nSPS) is 16.9. The molecule has 0 saturated carbocycles. The lowest BCUT2D eigenvalue weighted by Gasteiger charge is -2.32. The molecule has 0 spiro atoms. The number of hydrogen-bond acceptors (Lipinski definition) is 4. The lowest BCUT2D eigenvalue weighted by Crippen LogP contribution is -2.48. The number of piperidine rings is 1. The van der Waals surface area contributed by atoms with Crippen molar-refractivity contribution in [1.29, 1.82) is 0 Å². The molecule has 1 aromatic heterocycles. The molecular formula is C28H31FN4O3. The number of aryl methyl sites for hydroxylation is 1. The van der Waals surface area contributed by atoms with Gasteiger partial charge in [-0.25, -0.2) is 4.39 Å². The van der Waals surface area contributed by atoms with Crippen LogP contribution in [-0.4, -0.2) is 71.6 Å². The van der Waals surface area contributed by atoms with Crippen molar-refractivity contribution in [2.75, 3.05) is 39.3 Å². The van der Waals surface area contributed by atoms with E-state index in [0.717, 1.165) is 36.0 Å². The zero-order valence-corrected chi connectivity index (χ0v) is 20.5. The van der Waals surface area contributed by atoms with Gasteiger partial charge < -0.3 is 20.1 Å². The van der Waals surface area contributed by atoms with Gasteiger partial charge in [-0.05, 0) is 68.0 Å². The number of piperazine rings is 1. The third-order valence-corrected chi connectivity index (χ3v) is 7.40. The van der Waals surface area contributed by atoms with E-state index >= 15 is 0 Å². The van der Waals surface area contributed by atoms with Crippen molar-refractivity contribution in [2.24, 2.45) is 5.92 Å². The van der Waals surface area contributed by atoms with Crippen LogP contribution in [0.4, 0.5) is 4.39 Å². The van der Waals surface area contributed by atoms with Crippen LogP contribution < -0.4 is 5.32 Å². The number of aromatic nitrogens is 1. The van der Waals surface area contributed by atoms with Crippen LogP contribution in [-0.2, 0) is 11.2 Å². The highest BCUT2D eigenvalue weighted by atomic mass is 19.1. The Morgan fingerprint density at radius 3 is 2.33 bits per heavy atom. The van der Waals surface area contributed by atoms with E-state index in [1.165, 1.54) is 12.1 Å². The van der Waals surface area contributed by atoms with Gasteiger partial charge in [-0.15, -0.1) is 0 Å². The van der Waals surface area contributed by atoms with Gasteiger partial charge in [0.05, 0.1) is 5.56 Å². The first-order valence-electron chi connectivity index (χ1n) is 12.6. The van der Waals surface area contributed by atoms with Crippen LogP contribution in [0.15, 0.2) is 42.5 Å². The van der Waals surface area contributed by atoms with Crippen molar-refractivity contribution in [2.45, 2.75) is 26.2 Å². The number of ketones is 1. The Morgan fingerprint density at radius 1 is 0.944 bits per heavy atom. The predicted molar refractivity (Wildman–Crippen MR) is 136 cm³/mol. The van der Waals surface area contributed by atoms with Crippen LogP contribution in [0, 0.1) is 18.7 Å². The lowest BCUT2D eigenvalue weighted by molar-refractivity contribution is -0.127. The van der Waals surface area contributed by atoms with Gasteiger partial charge in [0, 0.05) is 61.4 Å². The summed E-state index contributed by atoms with van der Waals surface area (Å²) in [5, 5.41) is 3.85. The van der Waals surface area contributed by atoms with Crippen LogP contribution in [0.25, 0.3) is 10.9 Å². The Hall–Kier alpha value is -3.52. The van der Waals surface area contributed by atoms with Crippen molar-refractivity contribution in [3.63, 3.8) is 0 Å². The average molecular weight is 491 g/mol. The van der Waals surface area contributed by atoms with E-state index in [1.54, 1.807) is 23.1 Å². The summed E-state index contributed by atoms with van der Waals surface area (Å²) in [6, 6.07) is 11.7. The number of H-pyrrole nitrogens is 1. The number of hydrogen-bond donors (Lipinski definition) is 2. The number of Topliss-reactive ketones (excluding diaryl/α,β-unsaturated/α-hetero) is 1. The summed E-state index contributed by atoms with van der Waals surface area (Å²) in [6.07, 6.45) is 2.64. The summed E-state index contributed by atoms with van der Waals surface area (Å²) in [5.41, 5.74) is 3.50. The molecule has 36 heavy (non-hydrogen) atoms. The van der Waals surface area contributed by atoms with Gasteiger partial charge in [0.15, 0.2) is 0 Å². The van der Waals surface area contributed by atoms with E-state index in [4.69, 9.17) is 0 Å². The number of carbonyl (C=O) groups excluding carboxylic acids is 3. The van der Waals surface area contributed by atoms with Gasteiger partial charge in [-0.1, -0.05) is 12.1 Å². The van der Waals surface area contributed by atoms with E-state index in [1.807, 2.05) is 24.0 Å². The molecular weight excluding hydrogens is 459 g/mol. The Morgan fingerprint density at radius 2 is 1.64 bits per heavy atom. The second-order valence-corrected chi connectivity index (χ2v) is 9.82. The molecule has 8 heteroatoms. The van der Waals surface area contributed by atoms with E-state index in [2.05, 4.69) is 10.3 Å². The van der Waals surface area contributed by atoms with Gasteiger partial charge in [-0.2, -0.15) is 0 Å². The number of halogens is 1. The number of benzene rings is 2. The maximum Gasteiger partial charge on any atom is 0.295 e. The number of carbonyl (C=O) groups is 3. The molecule has 2 N–H and O–H groups in total. The number of amides is 2. The zero-order chi connectivity index (χ0) is 25.2. The van der Waals surface area contributed by atoms with Crippen LogP contribution in [0.3, 0.4) is 0 Å². The van der Waals surface area contributed by atoms with E-state index < -0.39 is 11.7 Å². The molecule has 2 aliphatic heterocycles. The highest BCUT2D eigenvalue weighted by Crippen LogP contribution is 2.28. The smallest absolute Gasteiger partial charge is 0.295 e. The van der Waals surface area contributed by atoms with E-state index in [9.17, 15) is 18.8 Å². The number of rotatable bonds is 5. The summed E-state index contributed by atoms with van der Waals surface area (Å²) in [4.78, 5) is 45.9. The van der Waals surface area contributed by atoms with Crippen LogP contribution in [0.2, 0.25) is 0 Å². The van der Waals surface area contributed by atoms with Crippen LogP contribution in [0.1, 0.15) is 44.8 Å². The van der Waals surface area contributed by atoms with Gasteiger partial charge in [0.2, 0.25) is 5.78 Å². The zero-order valence-electron chi connectivity index (χ0n) is 20.5. The number of fused-ring (bicyclic) bond motifs is 1. The Kier molecular flexibility index (Phi) is 6.87. The van der Waals surface area contributed by atoms with Crippen LogP contribution >= 0.6 is 0 Å². The summed E-state index contributed by atoms with van der Waals surface area (Å²) < 4.78 is 13.2. The van der Waals surface area contributed by atoms with Crippen molar-refractivity contribution < 1.29 is 18.8 Å². The lowest BCUT2D eigenvalue weighted by atomic mass is 9.90. The molecule has 7 nitrogen and oxygen atoms in total. The molecule has 3 heterocycles. The first kappa shape index (κ1) is 24.2. The molecule has 0 bridgehead atoms. The third-order valence-electron chi connectivity index (χ3n) is 7.40. The minimum Gasteiger partial charge on any atom is -0.358 e. The minimum atomic E-state index is -0.544. The minimum absolute atomic E-state index is 0.0583. The molecule has 5 rings (SSSR count). The maximum absolute atomic E-state index is 13.6. The second-order valence-electron chi connectivity index (χ2n) is 9.82. The Bertz CT molecular complexity index is 1290. The molecule has 2 amide bonds. The maximum atomic E-state index is 13.6. The Balaban J connectivity index is 1.30. The summed E-state index contributed by atoms with van der Waals surface area (Å²) in [6.45, 7) is 5.53. The predicted octanol–water partition coefficient (Wildman–Crippen LogP) is 3.32. The number of nitrogens with zero attached hydrogens (tertiary/aromatic N) is 2. The first-order valence-corrected chi connectivity index (χ1v) is 12.6. The first-order chi connectivity index (χ1) is 17.4. The number of likely N-dealkylation sites (tertiary alicyclic amines) is 1. The largest absolute Gasteiger partial charge is 0.358 e. The molecule has 0 radical (unpaired) electrons. The number of aromatic amines is 1. The fourth-order valence-electron chi connectivity index (χ4n) is 5.33. The molecule has 2 aromatic carbocycles. The van der Waals surface area contributed by atoms with Crippen molar-refractivity contribution in [1.82, 2.24) is 20.1 Å². The molecule has 188 valence electrons. The molecule has 3 aromatic rings. The number of nitrogens with one attached hydrogen (secondary N) is 2. The molecule has 2 saturated heterocycles. The van der Waals surface area contributed by atoms with Crippen LogP contribution in [0.5, 0.6) is 0 Å². The average Bonchev–Trinajstić information content (AvgIpc) is 3.24. The highest BCUT2D eigenvalue weighted by Gasteiger charge is 2.29.